The van der Waals surface area contributed by atoms with Crippen molar-refractivity contribution in [1.82, 2.24) is 0 Å². The van der Waals surface area contributed by atoms with Gasteiger partial charge in [0, 0.05) is 12.0 Å². The van der Waals surface area contributed by atoms with Crippen molar-refractivity contribution in [1.29, 1.82) is 0 Å². The fourth-order valence-electron chi connectivity index (χ4n) is 2.27. The number of methoxy groups -OCH3 is 2. The number of carbonyl (C=O) groups excluding carboxylic acids is 1. The Hall–Kier alpha value is -2.49. The van der Waals surface area contributed by atoms with Crippen LogP contribution in [0.5, 0.6) is 17.2 Å². The Labute approximate surface area is 137 Å². The summed E-state index contributed by atoms with van der Waals surface area (Å²) in [5, 5.41) is 0. The van der Waals surface area contributed by atoms with Gasteiger partial charge in [-0.15, -0.1) is 0 Å². The largest absolute Gasteiger partial charge is 0.493 e. The van der Waals surface area contributed by atoms with E-state index in [2.05, 4.69) is 0 Å². The highest BCUT2D eigenvalue weighted by Gasteiger charge is 2.10. The maximum Gasteiger partial charge on any atom is 0.167 e. The number of ketones is 1. The minimum Gasteiger partial charge on any atom is -0.493 e. The summed E-state index contributed by atoms with van der Waals surface area (Å²) in [6, 6.07) is 12.7. The molecule has 0 radical (unpaired) electrons. The second-order valence-electron chi connectivity index (χ2n) is 5.48. The monoisotopic (exact) mass is 314 g/mol. The lowest BCUT2D eigenvalue weighted by molar-refractivity contribution is 0.0993. The second-order valence-corrected chi connectivity index (χ2v) is 5.48. The van der Waals surface area contributed by atoms with Gasteiger partial charge in [-0.25, -0.2) is 0 Å². The van der Waals surface area contributed by atoms with E-state index in [0.717, 1.165) is 11.3 Å². The quantitative estimate of drug-likeness (QED) is 0.727. The van der Waals surface area contributed by atoms with Crippen molar-refractivity contribution in [2.75, 3.05) is 14.2 Å². The van der Waals surface area contributed by atoms with E-state index in [1.807, 2.05) is 38.1 Å². The van der Waals surface area contributed by atoms with E-state index >= 15 is 0 Å². The summed E-state index contributed by atoms with van der Waals surface area (Å²) in [6.45, 7) is 3.94. The molecule has 2 aromatic rings. The molecule has 0 atom stereocenters. The SMILES string of the molecule is COc1ccc(CC(=O)c2ccc(OC(C)C)cc2)cc1OC. The number of rotatable bonds is 7. The fraction of sp³-hybridized carbons (Fsp3) is 0.316. The molecule has 4 nitrogen and oxygen atoms in total. The normalized spacial score (nSPS) is 10.5. The van der Waals surface area contributed by atoms with Crippen molar-refractivity contribution < 1.29 is 19.0 Å². The van der Waals surface area contributed by atoms with Crippen molar-refractivity contribution in [2.45, 2.75) is 26.4 Å². The van der Waals surface area contributed by atoms with Crippen LogP contribution in [-0.4, -0.2) is 26.1 Å². The predicted molar refractivity (Wildman–Crippen MR) is 89.8 cm³/mol. The molecule has 0 amide bonds. The summed E-state index contributed by atoms with van der Waals surface area (Å²) in [5.41, 5.74) is 1.55. The number of benzene rings is 2. The lowest BCUT2D eigenvalue weighted by Gasteiger charge is -2.11. The summed E-state index contributed by atoms with van der Waals surface area (Å²) >= 11 is 0. The summed E-state index contributed by atoms with van der Waals surface area (Å²) in [6.07, 6.45) is 0.424. The molecule has 0 fully saturated rings. The van der Waals surface area contributed by atoms with Gasteiger partial charge < -0.3 is 14.2 Å². The van der Waals surface area contributed by atoms with Crippen LogP contribution >= 0.6 is 0 Å². The highest BCUT2D eigenvalue weighted by molar-refractivity contribution is 5.97. The third-order valence-corrected chi connectivity index (χ3v) is 3.36. The zero-order valence-electron chi connectivity index (χ0n) is 14.0. The third-order valence-electron chi connectivity index (χ3n) is 3.36. The van der Waals surface area contributed by atoms with Gasteiger partial charge in [-0.05, 0) is 55.8 Å². The lowest BCUT2D eigenvalue weighted by Crippen LogP contribution is -2.07. The van der Waals surface area contributed by atoms with Gasteiger partial charge in [0.2, 0.25) is 0 Å². The molecule has 0 aliphatic heterocycles. The molecule has 0 unspecified atom stereocenters. The first-order valence-corrected chi connectivity index (χ1v) is 7.54. The molecule has 0 aliphatic rings. The molecule has 0 N–H and O–H groups in total. The van der Waals surface area contributed by atoms with Crippen LogP contribution in [0.2, 0.25) is 0 Å². The van der Waals surface area contributed by atoms with Gasteiger partial charge in [-0.1, -0.05) is 6.07 Å². The predicted octanol–water partition coefficient (Wildman–Crippen LogP) is 3.92. The van der Waals surface area contributed by atoms with Crippen LogP contribution in [0.15, 0.2) is 42.5 Å². The van der Waals surface area contributed by atoms with E-state index in [-0.39, 0.29) is 11.9 Å². The topological polar surface area (TPSA) is 44.8 Å². The van der Waals surface area contributed by atoms with Gasteiger partial charge in [0.05, 0.1) is 20.3 Å². The van der Waals surface area contributed by atoms with Crippen LogP contribution in [0.25, 0.3) is 0 Å². The van der Waals surface area contributed by atoms with E-state index in [4.69, 9.17) is 14.2 Å². The van der Waals surface area contributed by atoms with Crippen molar-refractivity contribution in [3.05, 3.63) is 53.6 Å². The second kappa shape index (κ2) is 7.68. The molecule has 0 saturated heterocycles. The number of carbonyl (C=O) groups is 1. The van der Waals surface area contributed by atoms with Crippen LogP contribution in [0.4, 0.5) is 0 Å². The average Bonchev–Trinajstić information content (AvgIpc) is 2.54. The molecular formula is C19H22O4. The first-order valence-electron chi connectivity index (χ1n) is 7.54. The van der Waals surface area contributed by atoms with E-state index in [0.29, 0.717) is 23.5 Å². The smallest absolute Gasteiger partial charge is 0.167 e. The standard InChI is InChI=1S/C19H22O4/c1-13(2)23-16-8-6-15(7-9-16)17(20)11-14-5-10-18(21-3)19(12-14)22-4/h5-10,12-13H,11H2,1-4H3. The van der Waals surface area contributed by atoms with Crippen molar-refractivity contribution in [3.63, 3.8) is 0 Å². The fourth-order valence-corrected chi connectivity index (χ4v) is 2.27. The molecule has 0 bridgehead atoms. The van der Waals surface area contributed by atoms with Gasteiger partial charge in [-0.2, -0.15) is 0 Å². The minimum absolute atomic E-state index is 0.0494. The molecule has 23 heavy (non-hydrogen) atoms. The maximum absolute atomic E-state index is 12.4. The average molecular weight is 314 g/mol. The first kappa shape index (κ1) is 16.9. The van der Waals surface area contributed by atoms with Crippen molar-refractivity contribution >= 4 is 5.78 Å². The van der Waals surface area contributed by atoms with Gasteiger partial charge >= 0.3 is 0 Å². The molecule has 0 spiro atoms. The van der Waals surface area contributed by atoms with Crippen LogP contribution < -0.4 is 14.2 Å². The number of Topliss-reactive ketones (excluding diaryl/α,β-unsaturated/α-hetero) is 1. The molecule has 4 heteroatoms. The number of hydrogen-bond acceptors (Lipinski definition) is 4. The molecule has 0 saturated carbocycles. The number of hydrogen-bond donors (Lipinski definition) is 0. The van der Waals surface area contributed by atoms with E-state index in [1.165, 1.54) is 0 Å². The zero-order chi connectivity index (χ0) is 16.8. The minimum atomic E-state index is 0.0494. The zero-order valence-corrected chi connectivity index (χ0v) is 14.0. The Balaban J connectivity index is 2.09. The van der Waals surface area contributed by atoms with Gasteiger partial charge in [-0.3, -0.25) is 4.79 Å². The van der Waals surface area contributed by atoms with Gasteiger partial charge in [0.25, 0.3) is 0 Å². The Morgan fingerprint density at radius 1 is 0.957 bits per heavy atom. The summed E-state index contributed by atoms with van der Waals surface area (Å²) in [4.78, 5) is 12.4. The summed E-state index contributed by atoms with van der Waals surface area (Å²) < 4.78 is 16.0. The molecular weight excluding hydrogens is 292 g/mol. The van der Waals surface area contributed by atoms with Gasteiger partial charge in [0.1, 0.15) is 5.75 Å². The Morgan fingerprint density at radius 3 is 2.17 bits per heavy atom. The Bertz CT molecular complexity index is 660. The maximum atomic E-state index is 12.4. The molecule has 2 rings (SSSR count). The molecule has 2 aromatic carbocycles. The molecule has 0 aromatic heterocycles. The molecule has 122 valence electrons. The Kier molecular flexibility index (Phi) is 5.63. The van der Waals surface area contributed by atoms with E-state index < -0.39 is 0 Å². The summed E-state index contributed by atoms with van der Waals surface area (Å²) in [5.74, 6) is 2.09. The summed E-state index contributed by atoms with van der Waals surface area (Å²) in [7, 11) is 3.17. The highest BCUT2D eigenvalue weighted by atomic mass is 16.5. The molecule has 0 aliphatic carbocycles. The molecule has 0 heterocycles. The highest BCUT2D eigenvalue weighted by Crippen LogP contribution is 2.28. The van der Waals surface area contributed by atoms with E-state index in [1.54, 1.807) is 32.4 Å². The first-order chi connectivity index (χ1) is 11.0. The Morgan fingerprint density at radius 2 is 1.61 bits per heavy atom. The van der Waals surface area contributed by atoms with Crippen LogP contribution in [0.1, 0.15) is 29.8 Å². The third kappa shape index (κ3) is 4.49. The van der Waals surface area contributed by atoms with Crippen molar-refractivity contribution in [2.24, 2.45) is 0 Å². The van der Waals surface area contributed by atoms with Crippen LogP contribution in [-0.2, 0) is 6.42 Å². The van der Waals surface area contributed by atoms with Crippen molar-refractivity contribution in [3.8, 4) is 17.2 Å². The van der Waals surface area contributed by atoms with Gasteiger partial charge in [0.15, 0.2) is 17.3 Å². The van der Waals surface area contributed by atoms with E-state index in [9.17, 15) is 4.79 Å². The van der Waals surface area contributed by atoms with Crippen LogP contribution in [0.3, 0.4) is 0 Å². The van der Waals surface area contributed by atoms with Crippen LogP contribution in [0, 0.1) is 0 Å². The number of ether oxygens (including phenoxy) is 3. The lowest BCUT2D eigenvalue weighted by atomic mass is 10.0.